The van der Waals surface area contributed by atoms with E-state index in [-0.39, 0.29) is 5.91 Å². The molecule has 1 heterocycles. The van der Waals surface area contributed by atoms with Crippen molar-refractivity contribution in [3.05, 3.63) is 36.4 Å². The summed E-state index contributed by atoms with van der Waals surface area (Å²) in [5.74, 6) is 0.0496. The highest BCUT2D eigenvalue weighted by atomic mass is 16.2. The maximum Gasteiger partial charge on any atom is 0.248 e. The molecule has 154 valence electrons. The first-order valence-corrected chi connectivity index (χ1v) is 11.3. The highest BCUT2D eigenvalue weighted by Crippen LogP contribution is 2.13. The van der Waals surface area contributed by atoms with Gasteiger partial charge in [0.25, 0.3) is 0 Å². The molecule has 0 aliphatic heterocycles. The first-order chi connectivity index (χ1) is 13.8. The van der Waals surface area contributed by atoms with Crippen LogP contribution in [-0.4, -0.2) is 20.9 Å². The van der Waals surface area contributed by atoms with Crippen LogP contribution in [0.5, 0.6) is 0 Å². The minimum Gasteiger partial charge on any atom is -0.273 e. The fourth-order valence-electron chi connectivity index (χ4n) is 3.51. The molecule has 0 amide bonds. The quantitative estimate of drug-likeness (QED) is 0.243. The minimum atomic E-state index is 0.0496. The van der Waals surface area contributed by atoms with Crippen molar-refractivity contribution in [1.29, 1.82) is 0 Å². The molecule has 1 aromatic heterocycles. The maximum atomic E-state index is 12.3. The van der Waals surface area contributed by atoms with Crippen LogP contribution in [0.25, 0.3) is 11.0 Å². The average Bonchev–Trinajstić information content (AvgIpc) is 3.15. The van der Waals surface area contributed by atoms with E-state index in [1.807, 2.05) is 24.3 Å². The Balaban J connectivity index is 1.43. The third-order valence-corrected chi connectivity index (χ3v) is 5.24. The van der Waals surface area contributed by atoms with E-state index in [1.54, 1.807) is 0 Å². The van der Waals surface area contributed by atoms with Crippen LogP contribution in [0.3, 0.4) is 0 Å². The van der Waals surface area contributed by atoms with E-state index >= 15 is 0 Å². The second-order valence-electron chi connectivity index (χ2n) is 7.72. The molecule has 2 rings (SSSR count). The number of rotatable bonds is 15. The summed E-state index contributed by atoms with van der Waals surface area (Å²) in [6.45, 7) is 2.26. The van der Waals surface area contributed by atoms with Crippen LogP contribution < -0.4 is 0 Å². The highest BCUT2D eigenvalue weighted by Gasteiger charge is 2.10. The van der Waals surface area contributed by atoms with Gasteiger partial charge in [0.05, 0.1) is 5.52 Å². The number of fused-ring (bicyclic) bond motifs is 1. The van der Waals surface area contributed by atoms with Crippen LogP contribution in [0.15, 0.2) is 36.4 Å². The number of unbranched alkanes of at least 4 members (excludes halogenated alkanes) is 11. The molecule has 4 heteroatoms. The molecule has 0 saturated carbocycles. The molecule has 0 aliphatic rings. The van der Waals surface area contributed by atoms with Crippen molar-refractivity contribution >= 4 is 16.9 Å². The maximum absolute atomic E-state index is 12.3. The van der Waals surface area contributed by atoms with Crippen LogP contribution in [0.2, 0.25) is 0 Å². The van der Waals surface area contributed by atoms with Gasteiger partial charge in [0.15, 0.2) is 0 Å². The van der Waals surface area contributed by atoms with Gasteiger partial charge in [0.2, 0.25) is 5.91 Å². The molecular weight excluding hydrogens is 346 g/mol. The molecule has 0 N–H and O–H groups in total. The fourth-order valence-corrected chi connectivity index (χ4v) is 3.51. The molecule has 4 nitrogen and oxygen atoms in total. The molecule has 28 heavy (non-hydrogen) atoms. The molecule has 1 aromatic carbocycles. The Morgan fingerprint density at radius 1 is 0.857 bits per heavy atom. The molecular formula is C24H37N3O. The van der Waals surface area contributed by atoms with E-state index in [9.17, 15) is 4.79 Å². The lowest BCUT2D eigenvalue weighted by Crippen LogP contribution is -2.12. The van der Waals surface area contributed by atoms with Crippen molar-refractivity contribution in [2.45, 2.75) is 96.8 Å². The Morgan fingerprint density at radius 2 is 1.46 bits per heavy atom. The fraction of sp³-hybridized carbons (Fsp3) is 0.625. The van der Waals surface area contributed by atoms with Gasteiger partial charge in [-0.25, -0.2) is 0 Å². The van der Waals surface area contributed by atoms with Gasteiger partial charge in [0.1, 0.15) is 5.52 Å². The number of hydrogen-bond donors (Lipinski definition) is 0. The second-order valence-corrected chi connectivity index (χ2v) is 7.72. The molecule has 0 saturated heterocycles. The molecule has 0 atom stereocenters. The van der Waals surface area contributed by atoms with Crippen molar-refractivity contribution in [3.8, 4) is 0 Å². The average molecular weight is 384 g/mol. The predicted molar refractivity (Wildman–Crippen MR) is 118 cm³/mol. The van der Waals surface area contributed by atoms with E-state index in [0.29, 0.717) is 6.42 Å². The lowest BCUT2D eigenvalue weighted by atomic mass is 10.1. The van der Waals surface area contributed by atoms with Gasteiger partial charge in [-0.1, -0.05) is 87.8 Å². The Hall–Kier alpha value is -1.97. The van der Waals surface area contributed by atoms with E-state index in [0.717, 1.165) is 23.9 Å². The first-order valence-electron chi connectivity index (χ1n) is 11.3. The Bertz CT molecular complexity index is 705. The number of para-hydroxylation sites is 1. The molecule has 0 radical (unpaired) electrons. The van der Waals surface area contributed by atoms with Crippen LogP contribution in [0.4, 0.5) is 0 Å². The van der Waals surface area contributed by atoms with Crippen LogP contribution in [0, 0.1) is 0 Å². The summed E-state index contributed by atoms with van der Waals surface area (Å²) in [6, 6.07) is 7.61. The zero-order valence-corrected chi connectivity index (χ0v) is 17.6. The number of allylic oxidation sites excluding steroid dienone is 2. The van der Waals surface area contributed by atoms with Gasteiger partial charge in [-0.15, -0.1) is 5.10 Å². The Labute approximate surface area is 170 Å². The number of carbonyl (C=O) groups is 1. The minimum absolute atomic E-state index is 0.0496. The van der Waals surface area contributed by atoms with Gasteiger partial charge >= 0.3 is 0 Å². The first kappa shape index (κ1) is 22.3. The smallest absolute Gasteiger partial charge is 0.248 e. The second kappa shape index (κ2) is 14.1. The summed E-state index contributed by atoms with van der Waals surface area (Å²) in [5.41, 5.74) is 1.59. The number of carbonyl (C=O) groups excluding carboxylic acids is 1. The molecule has 0 spiro atoms. The number of hydrogen-bond acceptors (Lipinski definition) is 3. The molecule has 0 fully saturated rings. The normalized spacial score (nSPS) is 11.6. The van der Waals surface area contributed by atoms with Crippen LogP contribution in [-0.2, 0) is 0 Å². The largest absolute Gasteiger partial charge is 0.273 e. The summed E-state index contributed by atoms with van der Waals surface area (Å²) in [4.78, 5) is 12.3. The summed E-state index contributed by atoms with van der Waals surface area (Å²) < 4.78 is 1.45. The summed E-state index contributed by atoms with van der Waals surface area (Å²) in [7, 11) is 0. The monoisotopic (exact) mass is 383 g/mol. The van der Waals surface area contributed by atoms with Crippen LogP contribution in [0.1, 0.15) is 102 Å². The number of aromatic nitrogens is 3. The van der Waals surface area contributed by atoms with E-state index in [1.165, 1.54) is 75.3 Å². The van der Waals surface area contributed by atoms with Crippen molar-refractivity contribution < 1.29 is 4.79 Å². The van der Waals surface area contributed by atoms with Crippen LogP contribution >= 0.6 is 0 Å². The number of benzene rings is 1. The predicted octanol–water partition coefficient (Wildman–Crippen LogP) is 7.11. The van der Waals surface area contributed by atoms with Crippen molar-refractivity contribution in [3.63, 3.8) is 0 Å². The van der Waals surface area contributed by atoms with E-state index in [4.69, 9.17) is 0 Å². The molecule has 2 aromatic rings. The number of nitrogens with zero attached hydrogens (tertiary/aromatic N) is 3. The van der Waals surface area contributed by atoms with Gasteiger partial charge in [-0.2, -0.15) is 4.68 Å². The van der Waals surface area contributed by atoms with Crippen molar-refractivity contribution in [2.24, 2.45) is 0 Å². The zero-order chi connectivity index (χ0) is 19.9. The van der Waals surface area contributed by atoms with E-state index < -0.39 is 0 Å². The van der Waals surface area contributed by atoms with Gasteiger partial charge in [-0.3, -0.25) is 4.79 Å². The van der Waals surface area contributed by atoms with Crippen molar-refractivity contribution in [1.82, 2.24) is 15.0 Å². The zero-order valence-electron chi connectivity index (χ0n) is 17.6. The van der Waals surface area contributed by atoms with Gasteiger partial charge in [-0.05, 0) is 44.2 Å². The van der Waals surface area contributed by atoms with Gasteiger partial charge < -0.3 is 0 Å². The third-order valence-electron chi connectivity index (χ3n) is 5.24. The Morgan fingerprint density at radius 3 is 2.18 bits per heavy atom. The standard InChI is InChI=1S/C24H37N3O/c1-2-3-4-5-6-7-8-9-10-11-12-13-14-15-16-21-24(28)27-23-20-18-17-19-22(23)25-26-27/h8-9,17-20H,2-7,10-16,21H2,1H3/b9-8+. The lowest BCUT2D eigenvalue weighted by Gasteiger charge is -2.02. The summed E-state index contributed by atoms with van der Waals surface area (Å²) in [6.07, 6.45) is 21.7. The molecule has 0 bridgehead atoms. The lowest BCUT2D eigenvalue weighted by molar-refractivity contribution is 0.0886. The third kappa shape index (κ3) is 8.37. The Kier molecular flexibility index (Phi) is 11.2. The summed E-state index contributed by atoms with van der Waals surface area (Å²) in [5, 5.41) is 8.04. The van der Waals surface area contributed by atoms with E-state index in [2.05, 4.69) is 29.4 Å². The summed E-state index contributed by atoms with van der Waals surface area (Å²) >= 11 is 0. The SMILES string of the molecule is CCCCCCC/C=C/CCCCCCCCC(=O)n1nnc2ccccc21. The highest BCUT2D eigenvalue weighted by molar-refractivity contribution is 5.88. The topological polar surface area (TPSA) is 47.8 Å². The van der Waals surface area contributed by atoms with Gasteiger partial charge in [0, 0.05) is 6.42 Å². The van der Waals surface area contributed by atoms with Crippen molar-refractivity contribution in [2.75, 3.05) is 0 Å². The molecule has 0 aliphatic carbocycles. The molecule has 0 unspecified atom stereocenters.